The summed E-state index contributed by atoms with van der Waals surface area (Å²) in [5, 5.41) is 4.30. The van der Waals surface area contributed by atoms with E-state index in [9.17, 15) is 0 Å². The molecule has 0 N–H and O–H groups in total. The molecule has 4 aromatic carbocycles. The van der Waals surface area contributed by atoms with Gasteiger partial charge in [-0.05, 0) is 79.9 Å². The average molecular weight is 547 g/mol. The third-order valence-corrected chi connectivity index (χ3v) is 9.67. The molecular weight excluding hydrogens is 527 g/mol. The molecule has 0 fully saturated rings. The van der Waals surface area contributed by atoms with Crippen molar-refractivity contribution in [1.82, 2.24) is 0 Å². The number of fused-ring (bicyclic) bond motifs is 6. The maximum absolute atomic E-state index is 7.06. The predicted octanol–water partition coefficient (Wildman–Crippen LogP) is 6.41. The summed E-state index contributed by atoms with van der Waals surface area (Å²) in [5.41, 5.74) is 13.0. The predicted molar refractivity (Wildman–Crippen MR) is 134 cm³/mol. The molecule has 0 spiro atoms. The minimum absolute atomic E-state index is 0. The van der Waals surface area contributed by atoms with Crippen LogP contribution < -0.4 is 10.4 Å². The summed E-state index contributed by atoms with van der Waals surface area (Å²) in [6.45, 7) is 4.36. The number of rotatable bonds is 2. The van der Waals surface area contributed by atoms with Crippen LogP contribution in [0.25, 0.3) is 22.3 Å². The van der Waals surface area contributed by atoms with E-state index in [0.29, 0.717) is 9.52 Å². The Morgan fingerprint density at radius 2 is 1.03 bits per heavy atom. The second kappa shape index (κ2) is 8.41. The van der Waals surface area contributed by atoms with Gasteiger partial charge in [-0.25, -0.2) is 0 Å². The Hall–Kier alpha value is -1.44. The zero-order valence-electron chi connectivity index (χ0n) is 17.9. The van der Waals surface area contributed by atoms with Gasteiger partial charge >= 0.3 is 26.2 Å². The van der Waals surface area contributed by atoms with Crippen LogP contribution in [0.1, 0.15) is 33.4 Å². The number of hydrogen-bond donors (Lipinski definition) is 0. The van der Waals surface area contributed by atoms with E-state index in [2.05, 4.69) is 74.5 Å². The summed E-state index contributed by atoms with van der Waals surface area (Å²) in [4.78, 5) is 0. The molecule has 2 aliphatic carbocycles. The van der Waals surface area contributed by atoms with Crippen LogP contribution in [0, 0.1) is 13.8 Å². The Kier molecular flexibility index (Phi) is 5.87. The molecule has 0 heterocycles. The van der Waals surface area contributed by atoms with Gasteiger partial charge in [-0.2, -0.15) is 0 Å². The molecule has 0 aromatic heterocycles. The molecule has 32 heavy (non-hydrogen) atoms. The third-order valence-electron chi connectivity index (χ3n) is 6.73. The molecule has 4 heteroatoms. The smallest absolute Gasteiger partial charge is 0.0841 e. The Morgan fingerprint density at radius 3 is 1.47 bits per heavy atom. The molecule has 152 valence electrons. The molecule has 6 rings (SSSR count). The Morgan fingerprint density at radius 1 is 0.625 bits per heavy atom. The maximum atomic E-state index is 7.06. The first kappa shape index (κ1) is 22.4. The van der Waals surface area contributed by atoms with E-state index in [1.807, 2.05) is 0 Å². The molecule has 0 saturated carbocycles. The standard InChI is InChI=1S/C28H20Cl2Si.Zr/c1-15-11-21-19-9-5-3-7-17(19)13-23(21)25(29)27(15)31-28-16(2)12-22-20-10-6-4-8-18(20)14-24(22)26(28)30;/h3-12H,13-14H2,1-2H3;/q;+2. The van der Waals surface area contributed by atoms with Crippen LogP contribution in [0.2, 0.25) is 10.0 Å². The first-order valence-corrected chi connectivity index (χ1v) is 12.4. The van der Waals surface area contributed by atoms with Crippen LogP contribution in [-0.2, 0) is 39.0 Å². The minimum Gasteiger partial charge on any atom is -0.0841 e. The Labute approximate surface area is 220 Å². The second-order valence-corrected chi connectivity index (χ2v) is 10.6. The number of aryl methyl sites for hydroxylation is 2. The van der Waals surface area contributed by atoms with Crippen molar-refractivity contribution in [2.45, 2.75) is 26.7 Å². The quantitative estimate of drug-likeness (QED) is 0.220. The van der Waals surface area contributed by atoms with Crippen LogP contribution in [0.5, 0.6) is 0 Å². The molecule has 0 atom stereocenters. The van der Waals surface area contributed by atoms with E-state index < -0.39 is 0 Å². The van der Waals surface area contributed by atoms with Gasteiger partial charge in [0.15, 0.2) is 0 Å². The van der Waals surface area contributed by atoms with Crippen LogP contribution in [0.4, 0.5) is 0 Å². The molecule has 0 unspecified atom stereocenters. The van der Waals surface area contributed by atoms with E-state index in [4.69, 9.17) is 23.2 Å². The van der Waals surface area contributed by atoms with Crippen molar-refractivity contribution >= 4 is 43.1 Å². The average Bonchev–Trinajstić information content (AvgIpc) is 3.32. The molecule has 0 saturated heterocycles. The summed E-state index contributed by atoms with van der Waals surface area (Å²) in [6, 6.07) is 21.9. The zero-order valence-corrected chi connectivity index (χ0v) is 22.9. The normalized spacial score (nSPS) is 12.6. The minimum atomic E-state index is 0. The number of hydrogen-bond acceptors (Lipinski definition) is 0. The van der Waals surface area contributed by atoms with Crippen molar-refractivity contribution in [2.24, 2.45) is 0 Å². The van der Waals surface area contributed by atoms with Crippen molar-refractivity contribution < 1.29 is 26.2 Å². The van der Waals surface area contributed by atoms with Crippen molar-refractivity contribution in [3.05, 3.63) is 104 Å². The largest absolute Gasteiger partial charge is 2.00 e. The molecule has 0 amide bonds. The second-order valence-electron chi connectivity index (χ2n) is 8.61. The van der Waals surface area contributed by atoms with E-state index >= 15 is 0 Å². The van der Waals surface area contributed by atoms with Gasteiger partial charge in [-0.1, -0.05) is 83.9 Å². The fraction of sp³-hybridized carbons (Fsp3) is 0.143. The molecule has 2 aliphatic rings. The van der Waals surface area contributed by atoms with Crippen LogP contribution in [0.3, 0.4) is 0 Å². The van der Waals surface area contributed by atoms with Crippen molar-refractivity contribution in [1.29, 1.82) is 0 Å². The van der Waals surface area contributed by atoms with Gasteiger partial charge in [0.05, 0.1) is 0 Å². The molecule has 0 aliphatic heterocycles. The third kappa shape index (κ3) is 3.34. The van der Waals surface area contributed by atoms with Crippen molar-refractivity contribution in [2.75, 3.05) is 0 Å². The summed E-state index contributed by atoms with van der Waals surface area (Å²) < 4.78 is 0. The maximum Gasteiger partial charge on any atom is 2.00 e. The van der Waals surface area contributed by atoms with Gasteiger partial charge < -0.3 is 0 Å². The summed E-state index contributed by atoms with van der Waals surface area (Å²) >= 11 is 14.1. The van der Waals surface area contributed by atoms with Crippen molar-refractivity contribution in [3.8, 4) is 22.3 Å². The number of benzene rings is 4. The molecule has 0 bridgehead atoms. The zero-order chi connectivity index (χ0) is 21.3. The molecule has 0 nitrogen and oxygen atoms in total. The number of halogens is 2. The monoisotopic (exact) mass is 544 g/mol. The van der Waals surface area contributed by atoms with Gasteiger partial charge in [0.1, 0.15) is 9.52 Å². The van der Waals surface area contributed by atoms with Crippen molar-refractivity contribution in [3.63, 3.8) is 0 Å². The van der Waals surface area contributed by atoms with Gasteiger partial charge in [0.2, 0.25) is 0 Å². The van der Waals surface area contributed by atoms with E-state index in [1.54, 1.807) is 0 Å². The topological polar surface area (TPSA) is 0 Å². The van der Waals surface area contributed by atoms with Crippen LogP contribution in [0.15, 0.2) is 60.7 Å². The van der Waals surface area contributed by atoms with Gasteiger partial charge in [-0.15, -0.1) is 0 Å². The summed E-state index contributed by atoms with van der Waals surface area (Å²) in [6.07, 6.45) is 1.82. The van der Waals surface area contributed by atoms with E-state index in [0.717, 1.165) is 22.9 Å². The van der Waals surface area contributed by atoms with Crippen LogP contribution in [-0.4, -0.2) is 9.52 Å². The fourth-order valence-electron chi connectivity index (χ4n) is 5.15. The molecule has 2 radical (unpaired) electrons. The first-order valence-electron chi connectivity index (χ1n) is 10.6. The van der Waals surface area contributed by atoms with E-state index in [-0.39, 0.29) is 26.2 Å². The van der Waals surface area contributed by atoms with Gasteiger partial charge in [0.25, 0.3) is 0 Å². The fourth-order valence-corrected chi connectivity index (χ4v) is 7.38. The van der Waals surface area contributed by atoms with Crippen LogP contribution >= 0.6 is 23.2 Å². The SMILES string of the molecule is Cc1cc2c(c(Cl)c1[Si]c1c(C)cc3c(c1Cl)Cc1ccccc1-3)Cc1ccccc1-2.[Zr+2]. The Bertz CT molecular complexity index is 1300. The summed E-state index contributed by atoms with van der Waals surface area (Å²) in [5.74, 6) is 0. The first-order chi connectivity index (χ1) is 15.0. The molecule has 4 aromatic rings. The van der Waals surface area contributed by atoms with Gasteiger partial charge in [0, 0.05) is 22.9 Å². The molecular formula is C28H20Cl2SiZr+2. The Balaban J connectivity index is 0.00000216. The van der Waals surface area contributed by atoms with Gasteiger partial charge in [-0.3, -0.25) is 0 Å². The van der Waals surface area contributed by atoms with E-state index in [1.165, 1.54) is 66.0 Å². The summed E-state index contributed by atoms with van der Waals surface area (Å²) in [7, 11) is 0.449.